The predicted molar refractivity (Wildman–Crippen MR) is 127 cm³/mol. The van der Waals surface area contributed by atoms with E-state index in [1.807, 2.05) is 69.3 Å². The smallest absolute Gasteiger partial charge is 0.271 e. The number of nitrogen functional groups attached to an aromatic ring is 1. The molecule has 2 aromatic heterocycles. The highest BCUT2D eigenvalue weighted by atomic mass is 35.5. The molecule has 1 amide bonds. The van der Waals surface area contributed by atoms with E-state index in [9.17, 15) is 4.79 Å². The molecule has 8 nitrogen and oxygen atoms in total. The third-order valence-electron chi connectivity index (χ3n) is 4.85. The summed E-state index contributed by atoms with van der Waals surface area (Å²) < 4.78 is 2.97. The summed E-state index contributed by atoms with van der Waals surface area (Å²) in [6.07, 6.45) is 0. The topological polar surface area (TPSA) is 104 Å². The van der Waals surface area contributed by atoms with Crippen LogP contribution in [0, 0.1) is 20.8 Å². The van der Waals surface area contributed by atoms with Crippen molar-refractivity contribution in [1.82, 2.24) is 24.7 Å². The van der Waals surface area contributed by atoms with Gasteiger partial charge in [-0.2, -0.15) is 5.10 Å². The van der Waals surface area contributed by atoms with Crippen molar-refractivity contribution in [3.05, 3.63) is 82.1 Å². The normalized spacial score (nSPS) is 12.0. The minimum absolute atomic E-state index is 0.225. The number of nitrogens with zero attached hydrogens (tertiary/aromatic N) is 5. The van der Waals surface area contributed by atoms with Gasteiger partial charge in [-0.3, -0.25) is 4.79 Å². The Morgan fingerprint density at radius 2 is 1.84 bits per heavy atom. The minimum Gasteiger partial charge on any atom is -0.334 e. The second kappa shape index (κ2) is 9.05. The van der Waals surface area contributed by atoms with E-state index < -0.39 is 5.25 Å². The van der Waals surface area contributed by atoms with E-state index in [4.69, 9.17) is 17.4 Å². The molecular formula is C22H22ClN7OS. The lowest BCUT2D eigenvalue weighted by Crippen LogP contribution is -2.21. The molecule has 0 fully saturated rings. The lowest BCUT2D eigenvalue weighted by Gasteiger charge is -2.17. The largest absolute Gasteiger partial charge is 0.334 e. The van der Waals surface area contributed by atoms with Crippen molar-refractivity contribution in [2.24, 2.45) is 0 Å². The van der Waals surface area contributed by atoms with E-state index in [1.165, 1.54) is 16.4 Å². The number of aryl methyl sites for hydroxylation is 3. The molecular weight excluding hydrogens is 446 g/mol. The number of amides is 1. The fourth-order valence-electron chi connectivity index (χ4n) is 3.21. The van der Waals surface area contributed by atoms with Crippen LogP contribution < -0.4 is 11.2 Å². The monoisotopic (exact) mass is 467 g/mol. The van der Waals surface area contributed by atoms with Crippen LogP contribution in [0.2, 0.25) is 5.02 Å². The zero-order valence-electron chi connectivity index (χ0n) is 17.8. The first-order valence-corrected chi connectivity index (χ1v) is 11.1. The lowest BCUT2D eigenvalue weighted by molar-refractivity contribution is -0.115. The first-order valence-electron chi connectivity index (χ1n) is 9.86. The quantitative estimate of drug-likeness (QED) is 0.325. The Labute approximate surface area is 194 Å². The first-order chi connectivity index (χ1) is 15.3. The fourth-order valence-corrected chi connectivity index (χ4v) is 4.34. The van der Waals surface area contributed by atoms with Crippen molar-refractivity contribution in [2.45, 2.75) is 31.2 Å². The Balaban J connectivity index is 1.64. The van der Waals surface area contributed by atoms with Gasteiger partial charge in [0.1, 0.15) is 5.25 Å². The summed E-state index contributed by atoms with van der Waals surface area (Å²) in [5.41, 5.74) is 4.09. The highest BCUT2D eigenvalue weighted by Crippen LogP contribution is 2.35. The van der Waals surface area contributed by atoms with Gasteiger partial charge in [0.2, 0.25) is 11.1 Å². The molecule has 0 saturated carbocycles. The molecule has 0 radical (unpaired) electrons. The second-order valence-corrected chi connectivity index (χ2v) is 8.83. The summed E-state index contributed by atoms with van der Waals surface area (Å²) in [6, 6.07) is 16.8. The number of hydrogen-bond donors (Lipinski definition) is 2. The SMILES string of the molecule is Cc1cc(C)n(-c2nnc(S[C@@H](C(=O)Nc3ccc(C)c(Cl)c3)c3ccccc3)n2N)n1. The van der Waals surface area contributed by atoms with E-state index in [2.05, 4.69) is 20.6 Å². The summed E-state index contributed by atoms with van der Waals surface area (Å²) in [5, 5.41) is 16.1. The highest BCUT2D eigenvalue weighted by Gasteiger charge is 2.26. The Morgan fingerprint density at radius 1 is 1.09 bits per heavy atom. The van der Waals surface area contributed by atoms with E-state index >= 15 is 0 Å². The van der Waals surface area contributed by atoms with Gasteiger partial charge in [-0.1, -0.05) is 59.8 Å². The summed E-state index contributed by atoms with van der Waals surface area (Å²) in [7, 11) is 0. The average molecular weight is 468 g/mol. The van der Waals surface area contributed by atoms with Gasteiger partial charge in [-0.05, 0) is 50.1 Å². The van der Waals surface area contributed by atoms with Crippen LogP contribution in [0.15, 0.2) is 59.8 Å². The molecule has 164 valence electrons. The van der Waals surface area contributed by atoms with Crippen LogP contribution >= 0.6 is 23.4 Å². The number of nitrogens with two attached hydrogens (primary N) is 1. The molecule has 0 unspecified atom stereocenters. The van der Waals surface area contributed by atoms with Gasteiger partial charge in [0.15, 0.2) is 0 Å². The average Bonchev–Trinajstić information content (AvgIpc) is 3.29. The van der Waals surface area contributed by atoms with Crippen molar-refractivity contribution in [2.75, 3.05) is 11.2 Å². The minimum atomic E-state index is -0.615. The molecule has 4 aromatic rings. The number of carbonyl (C=O) groups is 1. The second-order valence-electron chi connectivity index (χ2n) is 7.35. The summed E-state index contributed by atoms with van der Waals surface area (Å²) >= 11 is 7.43. The van der Waals surface area contributed by atoms with Crippen LogP contribution in [0.5, 0.6) is 0 Å². The molecule has 0 aliphatic heterocycles. The van der Waals surface area contributed by atoms with E-state index in [0.717, 1.165) is 22.5 Å². The van der Waals surface area contributed by atoms with Crippen molar-refractivity contribution >= 4 is 35.0 Å². The molecule has 0 spiro atoms. The van der Waals surface area contributed by atoms with Crippen molar-refractivity contribution in [3.8, 4) is 5.95 Å². The number of benzene rings is 2. The van der Waals surface area contributed by atoms with Crippen LogP contribution in [0.4, 0.5) is 5.69 Å². The third kappa shape index (κ3) is 4.49. The van der Waals surface area contributed by atoms with Gasteiger partial charge in [0.25, 0.3) is 5.95 Å². The van der Waals surface area contributed by atoms with Crippen molar-refractivity contribution < 1.29 is 4.79 Å². The maximum atomic E-state index is 13.3. The number of carbonyl (C=O) groups excluding carboxylic acids is 1. The lowest BCUT2D eigenvalue weighted by atomic mass is 10.1. The van der Waals surface area contributed by atoms with Gasteiger partial charge in [-0.15, -0.1) is 10.2 Å². The number of aromatic nitrogens is 5. The first kappa shape index (κ1) is 21.9. The third-order valence-corrected chi connectivity index (χ3v) is 6.47. The molecule has 2 aromatic carbocycles. The van der Waals surface area contributed by atoms with E-state index in [-0.39, 0.29) is 5.91 Å². The van der Waals surface area contributed by atoms with Gasteiger partial charge < -0.3 is 11.2 Å². The van der Waals surface area contributed by atoms with Crippen LogP contribution in [0.25, 0.3) is 5.95 Å². The molecule has 0 bridgehead atoms. The van der Waals surface area contributed by atoms with Crippen molar-refractivity contribution in [1.29, 1.82) is 0 Å². The van der Waals surface area contributed by atoms with Gasteiger partial charge in [0.05, 0.1) is 5.69 Å². The zero-order chi connectivity index (χ0) is 22.8. The van der Waals surface area contributed by atoms with Gasteiger partial charge in [0, 0.05) is 16.4 Å². The maximum Gasteiger partial charge on any atom is 0.271 e. The Morgan fingerprint density at radius 3 is 2.50 bits per heavy atom. The molecule has 4 rings (SSSR count). The Kier molecular flexibility index (Phi) is 6.20. The van der Waals surface area contributed by atoms with Crippen LogP contribution in [-0.4, -0.2) is 30.6 Å². The van der Waals surface area contributed by atoms with Crippen LogP contribution in [0.1, 0.15) is 27.8 Å². The summed E-state index contributed by atoms with van der Waals surface area (Å²) in [6.45, 7) is 5.71. The van der Waals surface area contributed by atoms with E-state index in [0.29, 0.717) is 21.8 Å². The number of halogens is 1. The Bertz CT molecular complexity index is 1270. The van der Waals surface area contributed by atoms with Gasteiger partial charge >= 0.3 is 0 Å². The molecule has 3 N–H and O–H groups in total. The molecule has 0 aliphatic rings. The summed E-state index contributed by atoms with van der Waals surface area (Å²) in [4.78, 5) is 13.3. The van der Waals surface area contributed by atoms with Crippen LogP contribution in [-0.2, 0) is 4.79 Å². The maximum absolute atomic E-state index is 13.3. The molecule has 1 atom stereocenters. The number of rotatable bonds is 6. The number of thioether (sulfide) groups is 1. The molecule has 2 heterocycles. The standard InChI is InChI=1S/C22H22ClN7OS/c1-13-9-10-17(12-18(13)23)25-20(31)19(16-7-5-4-6-8-16)32-22-27-26-21(29(22)24)30-15(3)11-14(2)28-30/h4-12,19H,24H2,1-3H3,(H,25,31)/t19-/m1/s1. The number of anilines is 1. The summed E-state index contributed by atoms with van der Waals surface area (Å²) in [5.74, 6) is 6.44. The zero-order valence-corrected chi connectivity index (χ0v) is 19.4. The highest BCUT2D eigenvalue weighted by molar-refractivity contribution is 8.00. The van der Waals surface area contributed by atoms with E-state index in [1.54, 1.807) is 10.7 Å². The van der Waals surface area contributed by atoms with Gasteiger partial charge in [-0.25, -0.2) is 9.36 Å². The molecule has 0 aliphatic carbocycles. The fraction of sp³-hybridized carbons (Fsp3) is 0.182. The molecule has 0 saturated heterocycles. The molecule has 10 heteroatoms. The predicted octanol–water partition coefficient (Wildman–Crippen LogP) is 4.23. The molecule has 32 heavy (non-hydrogen) atoms. The van der Waals surface area contributed by atoms with Crippen LogP contribution in [0.3, 0.4) is 0 Å². The number of nitrogens with one attached hydrogen (secondary N) is 1. The van der Waals surface area contributed by atoms with Crippen molar-refractivity contribution in [3.63, 3.8) is 0 Å². The Hall–Kier alpha value is -3.30. The number of hydrogen-bond acceptors (Lipinski definition) is 6.